The molecule has 1 saturated heterocycles. The Hall–Kier alpha value is -1.40. The summed E-state index contributed by atoms with van der Waals surface area (Å²) in [5.74, 6) is 0.00210. The van der Waals surface area contributed by atoms with E-state index in [-0.39, 0.29) is 11.9 Å². The Balaban J connectivity index is 2.06. The summed E-state index contributed by atoms with van der Waals surface area (Å²) in [6.07, 6.45) is 1.33. The van der Waals surface area contributed by atoms with Gasteiger partial charge in [0.05, 0.1) is 12.2 Å². The van der Waals surface area contributed by atoms with Crippen LogP contribution in [0.25, 0.3) is 0 Å². The summed E-state index contributed by atoms with van der Waals surface area (Å²) in [5, 5.41) is 6.60. The Labute approximate surface area is 122 Å². The molecule has 5 nitrogen and oxygen atoms in total. The molecule has 0 aromatic carbocycles. The number of carbonyl (C=O) groups excluding carboxylic acids is 2. The van der Waals surface area contributed by atoms with Gasteiger partial charge >= 0.3 is 5.97 Å². The lowest BCUT2D eigenvalue weighted by molar-refractivity contribution is -0.117. The largest absolute Gasteiger partial charge is 0.462 e. The molecule has 1 fully saturated rings. The van der Waals surface area contributed by atoms with Crippen LogP contribution < -0.4 is 10.6 Å². The molecule has 0 aliphatic carbocycles. The fourth-order valence-corrected chi connectivity index (χ4v) is 3.00. The van der Waals surface area contributed by atoms with Gasteiger partial charge in [0.2, 0.25) is 5.91 Å². The number of carbonyl (C=O) groups is 2. The van der Waals surface area contributed by atoms with E-state index in [4.69, 9.17) is 4.74 Å². The van der Waals surface area contributed by atoms with Gasteiger partial charge in [-0.1, -0.05) is 6.92 Å². The molecule has 2 rings (SSSR count). The van der Waals surface area contributed by atoms with Crippen LogP contribution >= 0.6 is 11.3 Å². The molecule has 0 unspecified atom stereocenters. The number of amides is 1. The van der Waals surface area contributed by atoms with Crippen LogP contribution in [0.4, 0.5) is 5.00 Å². The first kappa shape index (κ1) is 15.0. The summed E-state index contributed by atoms with van der Waals surface area (Å²) in [6.45, 7) is 5.90. The molecule has 2 N–H and O–H groups in total. The van der Waals surface area contributed by atoms with Crippen molar-refractivity contribution >= 4 is 28.2 Å². The predicted molar refractivity (Wildman–Crippen MR) is 79.3 cm³/mol. The van der Waals surface area contributed by atoms with Crippen LogP contribution in [0.3, 0.4) is 0 Å². The summed E-state index contributed by atoms with van der Waals surface area (Å²) < 4.78 is 5.03. The topological polar surface area (TPSA) is 67.4 Å². The van der Waals surface area contributed by atoms with Crippen molar-refractivity contribution in [1.29, 1.82) is 0 Å². The van der Waals surface area contributed by atoms with Crippen molar-refractivity contribution in [3.8, 4) is 0 Å². The van der Waals surface area contributed by atoms with E-state index in [0.29, 0.717) is 29.5 Å². The van der Waals surface area contributed by atoms with Gasteiger partial charge in [0.1, 0.15) is 5.00 Å². The molecule has 1 aliphatic rings. The van der Waals surface area contributed by atoms with Crippen molar-refractivity contribution in [2.75, 3.05) is 25.0 Å². The molecule has 0 radical (unpaired) electrons. The Kier molecular flexibility index (Phi) is 5.14. The molecule has 1 aromatic heterocycles. The zero-order valence-corrected chi connectivity index (χ0v) is 12.6. The van der Waals surface area contributed by atoms with Gasteiger partial charge in [-0.3, -0.25) is 4.79 Å². The Bertz CT molecular complexity index is 495. The molecule has 0 bridgehead atoms. The standard InChI is InChI=1S/C14H20N2O3S/c1-3-10-6-11(14(18)19-4-2)13(20-10)16-12(17)5-9-7-15-8-9/h6,9,15H,3-5,7-8H2,1-2H3,(H,16,17). The van der Waals surface area contributed by atoms with Gasteiger partial charge in [-0.05, 0) is 38.4 Å². The van der Waals surface area contributed by atoms with E-state index >= 15 is 0 Å². The number of hydrogen-bond donors (Lipinski definition) is 2. The molecule has 20 heavy (non-hydrogen) atoms. The van der Waals surface area contributed by atoms with Crippen LogP contribution in [0.2, 0.25) is 0 Å². The minimum atomic E-state index is -0.371. The fourth-order valence-electron chi connectivity index (χ4n) is 2.00. The first-order valence-electron chi connectivity index (χ1n) is 6.94. The highest BCUT2D eigenvalue weighted by Crippen LogP contribution is 2.29. The highest BCUT2D eigenvalue weighted by molar-refractivity contribution is 7.16. The number of ether oxygens (including phenoxy) is 1. The maximum atomic E-state index is 12.0. The Morgan fingerprint density at radius 2 is 2.20 bits per heavy atom. The number of nitrogens with one attached hydrogen (secondary N) is 2. The molecule has 0 saturated carbocycles. The van der Waals surface area contributed by atoms with Crippen molar-refractivity contribution in [3.05, 3.63) is 16.5 Å². The van der Waals surface area contributed by atoms with Crippen LogP contribution in [0.1, 0.15) is 35.5 Å². The van der Waals surface area contributed by atoms with Crippen molar-refractivity contribution in [1.82, 2.24) is 5.32 Å². The van der Waals surface area contributed by atoms with E-state index < -0.39 is 0 Å². The number of aryl methyl sites for hydroxylation is 1. The van der Waals surface area contributed by atoms with E-state index in [0.717, 1.165) is 24.4 Å². The summed E-state index contributed by atoms with van der Waals surface area (Å²) in [4.78, 5) is 24.9. The third-order valence-corrected chi connectivity index (χ3v) is 4.41. The number of rotatable bonds is 6. The van der Waals surface area contributed by atoms with Gasteiger partial charge in [0.15, 0.2) is 0 Å². The third-order valence-electron chi connectivity index (χ3n) is 3.22. The first-order chi connectivity index (χ1) is 9.63. The molecule has 6 heteroatoms. The second-order valence-corrected chi connectivity index (χ2v) is 5.94. The van der Waals surface area contributed by atoms with E-state index in [1.807, 2.05) is 13.0 Å². The van der Waals surface area contributed by atoms with E-state index in [2.05, 4.69) is 10.6 Å². The van der Waals surface area contributed by atoms with Crippen LogP contribution in [0.15, 0.2) is 6.07 Å². The van der Waals surface area contributed by atoms with Gasteiger partial charge in [-0.2, -0.15) is 0 Å². The lowest BCUT2D eigenvalue weighted by Gasteiger charge is -2.26. The van der Waals surface area contributed by atoms with Gasteiger partial charge in [0.25, 0.3) is 0 Å². The van der Waals surface area contributed by atoms with Gasteiger partial charge in [-0.25, -0.2) is 4.79 Å². The molecule has 2 heterocycles. The summed E-state index contributed by atoms with van der Waals surface area (Å²) in [7, 11) is 0. The van der Waals surface area contributed by atoms with Crippen LogP contribution in [0.5, 0.6) is 0 Å². The summed E-state index contributed by atoms with van der Waals surface area (Å²) in [5.41, 5.74) is 0.466. The summed E-state index contributed by atoms with van der Waals surface area (Å²) in [6, 6.07) is 1.81. The average molecular weight is 296 g/mol. The van der Waals surface area contributed by atoms with Crippen molar-refractivity contribution in [3.63, 3.8) is 0 Å². The van der Waals surface area contributed by atoms with Crippen molar-refractivity contribution in [2.45, 2.75) is 26.7 Å². The summed E-state index contributed by atoms with van der Waals surface area (Å²) >= 11 is 1.45. The van der Waals surface area contributed by atoms with Crippen LogP contribution in [0, 0.1) is 5.92 Å². The molecule has 1 aliphatic heterocycles. The van der Waals surface area contributed by atoms with Gasteiger partial charge in [0, 0.05) is 11.3 Å². The highest BCUT2D eigenvalue weighted by Gasteiger charge is 2.23. The van der Waals surface area contributed by atoms with Gasteiger partial charge < -0.3 is 15.4 Å². The van der Waals surface area contributed by atoms with E-state index in [1.165, 1.54) is 11.3 Å². The lowest BCUT2D eigenvalue weighted by Crippen LogP contribution is -2.43. The minimum absolute atomic E-state index is 0.0356. The highest BCUT2D eigenvalue weighted by atomic mass is 32.1. The third kappa shape index (κ3) is 3.58. The van der Waals surface area contributed by atoms with Gasteiger partial charge in [-0.15, -0.1) is 11.3 Å². The molecule has 0 spiro atoms. The molecule has 110 valence electrons. The molecule has 1 aromatic rings. The van der Waals surface area contributed by atoms with Crippen LogP contribution in [-0.2, 0) is 16.0 Å². The van der Waals surface area contributed by atoms with E-state index in [9.17, 15) is 9.59 Å². The van der Waals surface area contributed by atoms with E-state index in [1.54, 1.807) is 6.92 Å². The average Bonchev–Trinajstić information content (AvgIpc) is 2.77. The monoisotopic (exact) mass is 296 g/mol. The smallest absolute Gasteiger partial charge is 0.341 e. The molecule has 0 atom stereocenters. The maximum Gasteiger partial charge on any atom is 0.341 e. The molecular formula is C14H20N2O3S. The number of anilines is 1. The van der Waals surface area contributed by atoms with Crippen molar-refractivity contribution < 1.29 is 14.3 Å². The zero-order valence-electron chi connectivity index (χ0n) is 11.8. The number of hydrogen-bond acceptors (Lipinski definition) is 5. The molecule has 1 amide bonds. The Morgan fingerprint density at radius 3 is 2.75 bits per heavy atom. The second-order valence-electron chi connectivity index (χ2n) is 4.81. The molecular weight excluding hydrogens is 276 g/mol. The second kappa shape index (κ2) is 6.85. The first-order valence-corrected chi connectivity index (χ1v) is 7.76. The number of thiophene rings is 1. The fraction of sp³-hybridized carbons (Fsp3) is 0.571. The normalized spacial score (nSPS) is 14.7. The quantitative estimate of drug-likeness (QED) is 0.788. The zero-order chi connectivity index (χ0) is 14.5. The van der Waals surface area contributed by atoms with Crippen molar-refractivity contribution in [2.24, 2.45) is 5.92 Å². The lowest BCUT2D eigenvalue weighted by atomic mass is 9.99. The Morgan fingerprint density at radius 1 is 1.45 bits per heavy atom. The SMILES string of the molecule is CCOC(=O)c1cc(CC)sc1NC(=O)CC1CNC1. The predicted octanol–water partition coefficient (Wildman–Crippen LogP) is 2.04. The minimum Gasteiger partial charge on any atom is -0.462 e. The maximum absolute atomic E-state index is 12.0. The van der Waals surface area contributed by atoms with Crippen LogP contribution in [-0.4, -0.2) is 31.6 Å². The number of esters is 1.